The van der Waals surface area contributed by atoms with Crippen molar-refractivity contribution in [3.8, 4) is 5.75 Å². The van der Waals surface area contributed by atoms with Crippen LogP contribution in [0, 0.1) is 6.92 Å². The monoisotopic (exact) mass is 349 g/mol. The molecular weight excluding hydrogens is 317 g/mol. The van der Waals surface area contributed by atoms with E-state index in [1.807, 2.05) is 0 Å². The van der Waals surface area contributed by atoms with Gasteiger partial charge in [-0.1, -0.05) is 59.7 Å². The summed E-state index contributed by atoms with van der Waals surface area (Å²) in [7, 11) is 2.10. The van der Waals surface area contributed by atoms with Crippen LogP contribution in [0.1, 0.15) is 81.5 Å². The standard InChI is InChI=1S/C23H32BNO/c1-14(2)18-12-19(15(3)4)23(20(13-18)16(5)6)24-25(8)21-10-9-17(7)11-22(21)26-24/h9-16H,1-8H3. The summed E-state index contributed by atoms with van der Waals surface area (Å²) in [6, 6.07) is 11.3. The molecule has 2 aromatic carbocycles. The second-order valence-corrected chi connectivity index (χ2v) is 8.63. The highest BCUT2D eigenvalue weighted by Gasteiger charge is 2.40. The highest BCUT2D eigenvalue weighted by molar-refractivity contribution is 6.74. The van der Waals surface area contributed by atoms with Gasteiger partial charge in [0.25, 0.3) is 0 Å². The molecule has 0 spiro atoms. The highest BCUT2D eigenvalue weighted by Crippen LogP contribution is 2.37. The SMILES string of the molecule is Cc1ccc2c(c1)OB(c1c(C(C)C)cc(C(C)C)cc1C(C)C)N2C. The Morgan fingerprint density at radius 3 is 1.92 bits per heavy atom. The van der Waals surface area contributed by atoms with Crippen LogP contribution in [0.2, 0.25) is 0 Å². The van der Waals surface area contributed by atoms with E-state index in [4.69, 9.17) is 4.65 Å². The first-order valence-corrected chi connectivity index (χ1v) is 9.88. The molecule has 1 heterocycles. The molecule has 1 aliphatic heterocycles. The van der Waals surface area contributed by atoms with Crippen LogP contribution < -0.4 is 14.9 Å². The number of aryl methyl sites for hydroxylation is 1. The minimum Gasteiger partial charge on any atom is -0.536 e. The Hall–Kier alpha value is -1.90. The van der Waals surface area contributed by atoms with Gasteiger partial charge in [-0.05, 0) is 71.6 Å². The smallest absolute Gasteiger partial charge is 0.519 e. The Bertz CT molecular complexity index is 781. The van der Waals surface area contributed by atoms with Crippen LogP contribution in [0.5, 0.6) is 5.75 Å². The highest BCUT2D eigenvalue weighted by atomic mass is 16.5. The van der Waals surface area contributed by atoms with Crippen LogP contribution in [0.4, 0.5) is 5.69 Å². The molecule has 0 unspecified atom stereocenters. The molecule has 0 fully saturated rings. The summed E-state index contributed by atoms with van der Waals surface area (Å²) in [6.07, 6.45) is 0. The van der Waals surface area contributed by atoms with Crippen molar-refractivity contribution < 1.29 is 4.65 Å². The fourth-order valence-corrected chi connectivity index (χ4v) is 3.88. The summed E-state index contributed by atoms with van der Waals surface area (Å²) in [5, 5.41) is 0. The van der Waals surface area contributed by atoms with E-state index in [2.05, 4.69) is 90.7 Å². The first kappa shape index (κ1) is 18.9. The Morgan fingerprint density at radius 1 is 0.846 bits per heavy atom. The maximum atomic E-state index is 6.49. The number of benzene rings is 2. The molecule has 0 saturated heterocycles. The van der Waals surface area contributed by atoms with E-state index >= 15 is 0 Å². The van der Waals surface area contributed by atoms with E-state index in [0.29, 0.717) is 17.8 Å². The number of fused-ring (bicyclic) bond motifs is 1. The third-order valence-electron chi connectivity index (χ3n) is 5.51. The van der Waals surface area contributed by atoms with Gasteiger partial charge in [0, 0.05) is 0 Å². The van der Waals surface area contributed by atoms with Gasteiger partial charge in [0.2, 0.25) is 0 Å². The quantitative estimate of drug-likeness (QED) is 0.667. The third kappa shape index (κ3) is 3.24. The van der Waals surface area contributed by atoms with Crippen molar-refractivity contribution in [2.24, 2.45) is 0 Å². The van der Waals surface area contributed by atoms with Gasteiger partial charge < -0.3 is 9.47 Å². The zero-order valence-electron chi connectivity index (χ0n) is 17.6. The lowest BCUT2D eigenvalue weighted by Crippen LogP contribution is -2.51. The van der Waals surface area contributed by atoms with Crippen LogP contribution in [-0.2, 0) is 0 Å². The molecule has 0 N–H and O–H groups in total. The molecule has 1 aliphatic rings. The van der Waals surface area contributed by atoms with E-state index in [1.165, 1.54) is 33.4 Å². The van der Waals surface area contributed by atoms with Gasteiger partial charge in [0.15, 0.2) is 0 Å². The number of rotatable bonds is 4. The predicted molar refractivity (Wildman–Crippen MR) is 114 cm³/mol. The summed E-state index contributed by atoms with van der Waals surface area (Å²) in [6.45, 7) is 15.8. The molecule has 0 aliphatic carbocycles. The molecule has 0 aromatic heterocycles. The number of hydrogen-bond acceptors (Lipinski definition) is 2. The van der Waals surface area contributed by atoms with Gasteiger partial charge in [-0.25, -0.2) is 0 Å². The molecular formula is C23H32BNO. The van der Waals surface area contributed by atoms with Gasteiger partial charge in [-0.3, -0.25) is 0 Å². The van der Waals surface area contributed by atoms with E-state index in [0.717, 1.165) is 5.75 Å². The number of hydrogen-bond donors (Lipinski definition) is 0. The molecule has 138 valence electrons. The Morgan fingerprint density at radius 2 is 1.42 bits per heavy atom. The van der Waals surface area contributed by atoms with Crippen LogP contribution >= 0.6 is 0 Å². The zero-order chi connectivity index (χ0) is 19.2. The largest absolute Gasteiger partial charge is 0.536 e. The molecule has 0 amide bonds. The van der Waals surface area contributed by atoms with Crippen molar-refractivity contribution in [1.82, 2.24) is 0 Å². The Labute approximate surface area is 159 Å². The van der Waals surface area contributed by atoms with Gasteiger partial charge in [-0.2, -0.15) is 0 Å². The van der Waals surface area contributed by atoms with E-state index < -0.39 is 0 Å². The van der Waals surface area contributed by atoms with Crippen LogP contribution in [-0.4, -0.2) is 14.1 Å². The van der Waals surface area contributed by atoms with Crippen molar-refractivity contribution in [2.75, 3.05) is 11.9 Å². The molecule has 3 heteroatoms. The average molecular weight is 349 g/mol. The second-order valence-electron chi connectivity index (χ2n) is 8.63. The molecule has 3 rings (SSSR count). The summed E-state index contributed by atoms with van der Waals surface area (Å²) < 4.78 is 6.49. The summed E-state index contributed by atoms with van der Waals surface area (Å²) in [4.78, 5) is 2.29. The Kier molecular flexibility index (Phi) is 5.10. The second kappa shape index (κ2) is 7.02. The maximum Gasteiger partial charge on any atom is 0.519 e. The molecule has 2 aromatic rings. The van der Waals surface area contributed by atoms with Crippen molar-refractivity contribution >= 4 is 18.2 Å². The van der Waals surface area contributed by atoms with Gasteiger partial charge in [0.05, 0.1) is 5.69 Å². The summed E-state index contributed by atoms with van der Waals surface area (Å²) in [5.74, 6) is 2.45. The topological polar surface area (TPSA) is 12.5 Å². The van der Waals surface area contributed by atoms with Gasteiger partial charge in [0.1, 0.15) is 5.75 Å². The molecule has 2 nitrogen and oxygen atoms in total. The lowest BCUT2D eigenvalue weighted by molar-refractivity contribution is 0.600. The number of anilines is 1. The maximum absolute atomic E-state index is 6.49. The summed E-state index contributed by atoms with van der Waals surface area (Å²) >= 11 is 0. The van der Waals surface area contributed by atoms with Crippen molar-refractivity contribution in [1.29, 1.82) is 0 Å². The minimum absolute atomic E-state index is 0.0530. The molecule has 0 saturated carbocycles. The predicted octanol–water partition coefficient (Wildman–Crippen LogP) is 5.59. The molecule has 26 heavy (non-hydrogen) atoms. The van der Waals surface area contributed by atoms with Crippen LogP contribution in [0.15, 0.2) is 30.3 Å². The molecule has 0 atom stereocenters. The van der Waals surface area contributed by atoms with E-state index in [-0.39, 0.29) is 7.05 Å². The lowest BCUT2D eigenvalue weighted by Gasteiger charge is -2.27. The van der Waals surface area contributed by atoms with Gasteiger partial charge >= 0.3 is 7.05 Å². The Balaban J connectivity index is 2.18. The van der Waals surface area contributed by atoms with E-state index in [1.54, 1.807) is 0 Å². The first-order valence-electron chi connectivity index (χ1n) is 9.88. The first-order chi connectivity index (χ1) is 12.2. The fourth-order valence-electron chi connectivity index (χ4n) is 3.88. The van der Waals surface area contributed by atoms with Crippen molar-refractivity contribution in [2.45, 2.75) is 66.2 Å². The van der Waals surface area contributed by atoms with Crippen molar-refractivity contribution in [3.05, 3.63) is 52.6 Å². The minimum atomic E-state index is -0.0530. The van der Waals surface area contributed by atoms with Crippen LogP contribution in [0.3, 0.4) is 0 Å². The van der Waals surface area contributed by atoms with Crippen LogP contribution in [0.25, 0.3) is 0 Å². The average Bonchev–Trinajstić information content (AvgIpc) is 2.89. The van der Waals surface area contributed by atoms with E-state index in [9.17, 15) is 0 Å². The lowest BCUT2D eigenvalue weighted by atomic mass is 9.63. The zero-order valence-corrected chi connectivity index (χ0v) is 17.6. The third-order valence-corrected chi connectivity index (χ3v) is 5.51. The summed E-state index contributed by atoms with van der Waals surface area (Å²) in [5.41, 5.74) is 8.03. The van der Waals surface area contributed by atoms with Gasteiger partial charge in [-0.15, -0.1) is 0 Å². The van der Waals surface area contributed by atoms with Crippen molar-refractivity contribution in [3.63, 3.8) is 0 Å². The molecule has 0 bridgehead atoms. The normalized spacial score (nSPS) is 13.8. The molecule has 0 radical (unpaired) electrons. The fraction of sp³-hybridized carbons (Fsp3) is 0.478. The number of nitrogens with zero attached hydrogens (tertiary/aromatic N) is 1.